The summed E-state index contributed by atoms with van der Waals surface area (Å²) in [4.78, 5) is 18.2. The quantitative estimate of drug-likeness (QED) is 0.903. The Hall–Kier alpha value is -1.82. The van der Waals surface area contributed by atoms with Gasteiger partial charge in [0.05, 0.1) is 13.2 Å². The van der Waals surface area contributed by atoms with Crippen molar-refractivity contribution in [2.45, 2.75) is 38.3 Å². The summed E-state index contributed by atoms with van der Waals surface area (Å²) in [6.07, 6.45) is 6.58. The van der Waals surface area contributed by atoms with Crippen molar-refractivity contribution >= 4 is 6.03 Å². The summed E-state index contributed by atoms with van der Waals surface area (Å²) in [6.45, 7) is 2.06. The van der Waals surface area contributed by atoms with Crippen LogP contribution in [0, 0.1) is 5.41 Å². The number of nitrogens with one attached hydrogen (secondary N) is 1. The zero-order valence-corrected chi connectivity index (χ0v) is 13.9. The molecule has 1 saturated heterocycles. The van der Waals surface area contributed by atoms with Gasteiger partial charge in [0.1, 0.15) is 0 Å². The fourth-order valence-electron chi connectivity index (χ4n) is 3.85. The van der Waals surface area contributed by atoms with Gasteiger partial charge in [0.25, 0.3) is 0 Å². The molecule has 23 heavy (non-hydrogen) atoms. The minimum atomic E-state index is -0.0484. The summed E-state index contributed by atoms with van der Waals surface area (Å²) in [5.41, 5.74) is 1.14. The van der Waals surface area contributed by atoms with Crippen molar-refractivity contribution in [2.24, 2.45) is 5.41 Å². The maximum atomic E-state index is 12.4. The van der Waals surface area contributed by atoms with Crippen molar-refractivity contribution in [1.29, 1.82) is 0 Å². The van der Waals surface area contributed by atoms with Crippen LogP contribution in [-0.2, 0) is 11.3 Å². The number of pyridine rings is 1. The van der Waals surface area contributed by atoms with Crippen LogP contribution in [0.2, 0.25) is 0 Å². The summed E-state index contributed by atoms with van der Waals surface area (Å²) < 4.78 is 10.9. The SMILES string of the molecule is COc1cc(CNC(=O)N(C)C[C@]23CCC[C@H]2OCC3)ccn1. The van der Waals surface area contributed by atoms with E-state index in [1.54, 1.807) is 18.2 Å². The number of nitrogens with zero attached hydrogens (tertiary/aromatic N) is 2. The summed E-state index contributed by atoms with van der Waals surface area (Å²) in [7, 11) is 3.45. The molecule has 2 fully saturated rings. The summed E-state index contributed by atoms with van der Waals surface area (Å²) in [6, 6.07) is 3.66. The van der Waals surface area contributed by atoms with E-state index in [-0.39, 0.29) is 11.4 Å². The highest BCUT2D eigenvalue weighted by Crippen LogP contribution is 2.47. The maximum Gasteiger partial charge on any atom is 0.317 e. The molecular weight excluding hydrogens is 294 g/mol. The lowest BCUT2D eigenvalue weighted by atomic mass is 9.82. The highest BCUT2D eigenvalue weighted by Gasteiger charge is 2.48. The fraction of sp³-hybridized carbons (Fsp3) is 0.647. The third-order valence-corrected chi connectivity index (χ3v) is 5.09. The number of ether oxygens (including phenoxy) is 2. The van der Waals surface area contributed by atoms with Gasteiger partial charge in [-0.25, -0.2) is 9.78 Å². The molecule has 1 aromatic heterocycles. The number of urea groups is 1. The smallest absolute Gasteiger partial charge is 0.317 e. The Morgan fingerprint density at radius 3 is 3.26 bits per heavy atom. The van der Waals surface area contributed by atoms with Gasteiger partial charge in [-0.1, -0.05) is 6.42 Å². The van der Waals surface area contributed by atoms with Gasteiger partial charge in [0.2, 0.25) is 5.88 Å². The Kier molecular flexibility index (Phi) is 4.71. The first kappa shape index (κ1) is 16.1. The lowest BCUT2D eigenvalue weighted by Crippen LogP contribution is -2.45. The van der Waals surface area contributed by atoms with Crippen LogP contribution in [0.4, 0.5) is 4.79 Å². The molecule has 1 aliphatic carbocycles. The molecular formula is C17H25N3O3. The molecule has 6 heteroatoms. The Balaban J connectivity index is 1.53. The van der Waals surface area contributed by atoms with Gasteiger partial charge >= 0.3 is 6.03 Å². The van der Waals surface area contributed by atoms with Gasteiger partial charge in [-0.2, -0.15) is 0 Å². The van der Waals surface area contributed by atoms with Gasteiger partial charge in [0.15, 0.2) is 0 Å². The summed E-state index contributed by atoms with van der Waals surface area (Å²) in [5.74, 6) is 0.556. The Morgan fingerprint density at radius 1 is 1.57 bits per heavy atom. The van der Waals surface area contributed by atoms with Crippen LogP contribution in [-0.4, -0.2) is 49.3 Å². The predicted molar refractivity (Wildman–Crippen MR) is 86.3 cm³/mol. The lowest BCUT2D eigenvalue weighted by molar-refractivity contribution is 0.0585. The van der Waals surface area contributed by atoms with E-state index in [2.05, 4.69) is 10.3 Å². The minimum absolute atomic E-state index is 0.0484. The highest BCUT2D eigenvalue weighted by molar-refractivity contribution is 5.73. The number of carbonyl (C=O) groups is 1. The van der Waals surface area contributed by atoms with Gasteiger partial charge in [0, 0.05) is 44.4 Å². The van der Waals surface area contributed by atoms with Crippen molar-refractivity contribution in [3.63, 3.8) is 0 Å². The Morgan fingerprint density at radius 2 is 2.43 bits per heavy atom. The third-order valence-electron chi connectivity index (χ3n) is 5.09. The number of fused-ring (bicyclic) bond motifs is 1. The fourth-order valence-corrected chi connectivity index (χ4v) is 3.85. The van der Waals surface area contributed by atoms with Crippen LogP contribution in [0.1, 0.15) is 31.2 Å². The van der Waals surface area contributed by atoms with E-state index in [0.717, 1.165) is 38.0 Å². The second-order valence-corrected chi connectivity index (χ2v) is 6.59. The van der Waals surface area contributed by atoms with Crippen LogP contribution in [0.25, 0.3) is 0 Å². The van der Waals surface area contributed by atoms with E-state index in [9.17, 15) is 4.79 Å². The molecule has 0 bridgehead atoms. The van der Waals surface area contributed by atoms with Crippen LogP contribution >= 0.6 is 0 Å². The lowest BCUT2D eigenvalue weighted by Gasteiger charge is -2.32. The Bertz CT molecular complexity index is 554. The molecule has 2 amide bonds. The van der Waals surface area contributed by atoms with Crippen LogP contribution in [0.3, 0.4) is 0 Å². The molecule has 0 unspecified atom stereocenters. The van der Waals surface area contributed by atoms with Gasteiger partial charge in [-0.05, 0) is 30.9 Å². The molecule has 2 atom stereocenters. The first-order valence-electron chi connectivity index (χ1n) is 8.22. The first-order valence-corrected chi connectivity index (χ1v) is 8.22. The molecule has 1 saturated carbocycles. The number of hydrogen-bond donors (Lipinski definition) is 1. The van der Waals surface area contributed by atoms with Crippen LogP contribution in [0.5, 0.6) is 5.88 Å². The second kappa shape index (κ2) is 6.74. The van der Waals surface area contributed by atoms with E-state index < -0.39 is 0 Å². The largest absolute Gasteiger partial charge is 0.481 e. The van der Waals surface area contributed by atoms with Crippen LogP contribution in [0.15, 0.2) is 18.3 Å². The number of amides is 2. The van der Waals surface area contributed by atoms with E-state index >= 15 is 0 Å². The molecule has 1 aromatic rings. The first-order chi connectivity index (χ1) is 11.1. The third kappa shape index (κ3) is 3.42. The minimum Gasteiger partial charge on any atom is -0.481 e. The van der Waals surface area contributed by atoms with E-state index in [4.69, 9.17) is 9.47 Å². The van der Waals surface area contributed by atoms with E-state index in [0.29, 0.717) is 18.5 Å². The van der Waals surface area contributed by atoms with Gasteiger partial charge in [-0.15, -0.1) is 0 Å². The van der Waals surface area contributed by atoms with Crippen molar-refractivity contribution in [3.8, 4) is 5.88 Å². The molecule has 6 nitrogen and oxygen atoms in total. The molecule has 0 aromatic carbocycles. The highest BCUT2D eigenvalue weighted by atomic mass is 16.5. The standard InChI is InChI=1S/C17H25N3O3/c1-20(12-17-6-3-4-14(17)23-9-7-17)16(21)19-11-13-5-8-18-15(10-13)22-2/h5,8,10,14H,3-4,6-7,9,11-12H2,1-2H3,(H,19,21)/t14-,17-/m1/s1. The number of carbonyl (C=O) groups excluding carboxylic acids is 1. The van der Waals surface area contributed by atoms with Crippen LogP contribution < -0.4 is 10.1 Å². The topological polar surface area (TPSA) is 63.7 Å². The Labute approximate surface area is 137 Å². The monoisotopic (exact) mass is 319 g/mol. The van der Waals surface area contributed by atoms with Crippen molar-refractivity contribution in [3.05, 3.63) is 23.9 Å². The molecule has 1 aliphatic heterocycles. The predicted octanol–water partition coefficient (Wildman–Crippen LogP) is 2.19. The summed E-state index contributed by atoms with van der Waals surface area (Å²) >= 11 is 0. The molecule has 2 aliphatic rings. The average molecular weight is 319 g/mol. The number of methoxy groups -OCH3 is 1. The zero-order valence-electron chi connectivity index (χ0n) is 13.9. The summed E-state index contributed by atoms with van der Waals surface area (Å²) in [5, 5.41) is 2.96. The molecule has 0 radical (unpaired) electrons. The number of rotatable bonds is 5. The molecule has 2 heterocycles. The van der Waals surface area contributed by atoms with Crippen molar-refractivity contribution in [1.82, 2.24) is 15.2 Å². The number of aromatic nitrogens is 1. The zero-order chi connectivity index (χ0) is 16.3. The normalized spacial score (nSPS) is 25.9. The van der Waals surface area contributed by atoms with E-state index in [1.807, 2.05) is 19.2 Å². The molecule has 0 spiro atoms. The molecule has 126 valence electrons. The maximum absolute atomic E-state index is 12.4. The average Bonchev–Trinajstić information content (AvgIpc) is 3.12. The van der Waals surface area contributed by atoms with Crippen molar-refractivity contribution in [2.75, 3.05) is 27.3 Å². The van der Waals surface area contributed by atoms with Gasteiger partial charge in [-0.3, -0.25) is 0 Å². The molecule has 3 rings (SSSR count). The second-order valence-electron chi connectivity index (χ2n) is 6.59. The van der Waals surface area contributed by atoms with Crippen molar-refractivity contribution < 1.29 is 14.3 Å². The van der Waals surface area contributed by atoms with Gasteiger partial charge < -0.3 is 19.7 Å². The molecule has 1 N–H and O–H groups in total. The number of hydrogen-bond acceptors (Lipinski definition) is 4. The van der Waals surface area contributed by atoms with E-state index in [1.165, 1.54) is 6.42 Å².